The van der Waals surface area contributed by atoms with Gasteiger partial charge in [0.15, 0.2) is 0 Å². The van der Waals surface area contributed by atoms with Gasteiger partial charge >= 0.3 is 0 Å². The summed E-state index contributed by atoms with van der Waals surface area (Å²) in [6.45, 7) is 8.16. The average Bonchev–Trinajstić information content (AvgIpc) is 2.44. The van der Waals surface area contributed by atoms with Crippen molar-refractivity contribution in [1.29, 1.82) is 10.5 Å². The molecule has 0 aromatic carbocycles. The Labute approximate surface area is 101 Å². The molecule has 0 atom stereocenters. The molecule has 0 fully saturated rings. The maximum atomic E-state index is 8.91. The number of nitrogens with zero attached hydrogens (tertiary/aromatic N) is 2. The van der Waals surface area contributed by atoms with Crippen molar-refractivity contribution in [2.75, 3.05) is 0 Å². The normalized spacial score (nSPS) is 18.8. The minimum atomic E-state index is -0.0646. The van der Waals surface area contributed by atoms with Gasteiger partial charge in [-0.25, -0.2) is 0 Å². The van der Waals surface area contributed by atoms with E-state index in [-0.39, 0.29) is 10.3 Å². The maximum Gasteiger partial charge on any atom is 0.143 e. The van der Waals surface area contributed by atoms with Crippen LogP contribution in [0.25, 0.3) is 0 Å². The molecule has 0 bridgehead atoms. The first-order chi connectivity index (χ1) is 7.47. The Morgan fingerprint density at radius 3 is 2.31 bits per heavy atom. The third-order valence-corrected chi connectivity index (χ3v) is 3.98. The molecule has 1 aliphatic rings. The second-order valence-corrected chi connectivity index (χ2v) is 5.71. The van der Waals surface area contributed by atoms with Crippen molar-refractivity contribution in [1.82, 2.24) is 0 Å². The van der Waals surface area contributed by atoms with Gasteiger partial charge in [0.05, 0.1) is 0 Å². The lowest BCUT2D eigenvalue weighted by Crippen LogP contribution is -2.12. The standard InChI is InChI=1S/C13H14N2S/c1-5-6-11-9(2)12(10(7-14)8-15)16-13(11,3)4/h5-6H,1-4H3/b6-5+. The Morgan fingerprint density at radius 1 is 1.31 bits per heavy atom. The molecule has 82 valence electrons. The Balaban J connectivity index is 3.42. The number of allylic oxidation sites excluding steroid dienone is 4. The quantitative estimate of drug-likeness (QED) is 0.645. The third-order valence-electron chi connectivity index (χ3n) is 2.53. The van der Waals surface area contributed by atoms with E-state index in [2.05, 4.69) is 19.9 Å². The molecule has 0 saturated carbocycles. The topological polar surface area (TPSA) is 47.6 Å². The molecular weight excluding hydrogens is 216 g/mol. The molecule has 0 spiro atoms. The highest BCUT2D eigenvalue weighted by Crippen LogP contribution is 2.50. The van der Waals surface area contributed by atoms with Crippen LogP contribution in [0.5, 0.6) is 0 Å². The van der Waals surface area contributed by atoms with Gasteiger partial charge in [0, 0.05) is 9.65 Å². The summed E-state index contributed by atoms with van der Waals surface area (Å²) in [4.78, 5) is 0.822. The van der Waals surface area contributed by atoms with Gasteiger partial charge in [0.25, 0.3) is 0 Å². The minimum Gasteiger partial charge on any atom is -0.192 e. The van der Waals surface area contributed by atoms with E-state index < -0.39 is 0 Å². The van der Waals surface area contributed by atoms with Crippen LogP contribution in [0.15, 0.2) is 33.8 Å². The van der Waals surface area contributed by atoms with Crippen LogP contribution in [0.2, 0.25) is 0 Å². The highest BCUT2D eigenvalue weighted by atomic mass is 32.2. The molecule has 0 aliphatic carbocycles. The van der Waals surface area contributed by atoms with E-state index in [1.165, 1.54) is 5.57 Å². The molecule has 1 heterocycles. The van der Waals surface area contributed by atoms with Crippen molar-refractivity contribution >= 4 is 11.8 Å². The molecule has 1 aliphatic heterocycles. The van der Waals surface area contributed by atoms with Crippen molar-refractivity contribution in [2.24, 2.45) is 0 Å². The van der Waals surface area contributed by atoms with Crippen molar-refractivity contribution in [3.05, 3.63) is 33.8 Å². The number of rotatable bonds is 1. The number of hydrogen-bond acceptors (Lipinski definition) is 3. The van der Waals surface area contributed by atoms with Gasteiger partial charge in [-0.3, -0.25) is 0 Å². The lowest BCUT2D eigenvalue weighted by Gasteiger charge is -2.18. The number of nitriles is 2. The highest BCUT2D eigenvalue weighted by molar-refractivity contribution is 8.05. The summed E-state index contributed by atoms with van der Waals surface area (Å²) in [7, 11) is 0. The average molecular weight is 230 g/mol. The van der Waals surface area contributed by atoms with Gasteiger partial charge in [-0.05, 0) is 38.8 Å². The maximum absolute atomic E-state index is 8.91. The summed E-state index contributed by atoms with van der Waals surface area (Å²) >= 11 is 1.59. The Kier molecular flexibility index (Phi) is 3.62. The summed E-state index contributed by atoms with van der Waals surface area (Å²) in [5, 5.41) is 17.8. The molecule has 3 heteroatoms. The fourth-order valence-corrected chi connectivity index (χ4v) is 3.12. The van der Waals surface area contributed by atoms with E-state index in [9.17, 15) is 0 Å². The van der Waals surface area contributed by atoms with Crippen molar-refractivity contribution in [3.63, 3.8) is 0 Å². The van der Waals surface area contributed by atoms with Crippen molar-refractivity contribution in [2.45, 2.75) is 32.4 Å². The molecule has 2 nitrogen and oxygen atoms in total. The summed E-state index contributed by atoms with van der Waals surface area (Å²) in [6.07, 6.45) is 4.05. The van der Waals surface area contributed by atoms with Crippen LogP contribution >= 0.6 is 11.8 Å². The lowest BCUT2D eigenvalue weighted by atomic mass is 9.96. The van der Waals surface area contributed by atoms with Crippen LogP contribution in [-0.4, -0.2) is 4.75 Å². The Bertz CT molecular complexity index is 463. The summed E-state index contributed by atoms with van der Waals surface area (Å²) < 4.78 is -0.0646. The van der Waals surface area contributed by atoms with E-state index in [0.717, 1.165) is 10.5 Å². The summed E-state index contributed by atoms with van der Waals surface area (Å²) in [5.74, 6) is 0. The molecule has 0 N–H and O–H groups in total. The molecular formula is C13H14N2S. The van der Waals surface area contributed by atoms with Crippen LogP contribution < -0.4 is 0 Å². The molecule has 1 rings (SSSR count). The summed E-state index contributed by atoms with van der Waals surface area (Å²) in [6, 6.07) is 3.93. The van der Waals surface area contributed by atoms with Crippen LogP contribution in [0.1, 0.15) is 27.7 Å². The van der Waals surface area contributed by atoms with Gasteiger partial charge < -0.3 is 0 Å². The fraction of sp³-hybridized carbons (Fsp3) is 0.385. The van der Waals surface area contributed by atoms with Gasteiger partial charge in [-0.1, -0.05) is 12.2 Å². The summed E-state index contributed by atoms with van der Waals surface area (Å²) in [5.41, 5.74) is 2.46. The number of hydrogen-bond donors (Lipinski definition) is 0. The predicted molar refractivity (Wildman–Crippen MR) is 67.4 cm³/mol. The van der Waals surface area contributed by atoms with Gasteiger partial charge in [0.2, 0.25) is 0 Å². The van der Waals surface area contributed by atoms with Crippen LogP contribution in [0, 0.1) is 22.7 Å². The first-order valence-electron chi connectivity index (χ1n) is 5.05. The molecule has 0 unspecified atom stereocenters. The molecule has 0 radical (unpaired) electrons. The lowest BCUT2D eigenvalue weighted by molar-refractivity contribution is 0.863. The molecule has 0 saturated heterocycles. The molecule has 0 aromatic rings. The van der Waals surface area contributed by atoms with E-state index in [4.69, 9.17) is 10.5 Å². The highest BCUT2D eigenvalue weighted by Gasteiger charge is 2.35. The van der Waals surface area contributed by atoms with Crippen molar-refractivity contribution < 1.29 is 0 Å². The van der Waals surface area contributed by atoms with Crippen LogP contribution in [0.4, 0.5) is 0 Å². The zero-order valence-electron chi connectivity index (χ0n) is 9.96. The molecule has 16 heavy (non-hydrogen) atoms. The first kappa shape index (κ1) is 12.6. The predicted octanol–water partition coefficient (Wildman–Crippen LogP) is 3.71. The van der Waals surface area contributed by atoms with Gasteiger partial charge in [-0.15, -0.1) is 11.8 Å². The van der Waals surface area contributed by atoms with E-state index >= 15 is 0 Å². The number of thioether (sulfide) groups is 1. The molecule has 0 amide bonds. The van der Waals surface area contributed by atoms with Crippen LogP contribution in [0.3, 0.4) is 0 Å². The largest absolute Gasteiger partial charge is 0.192 e. The van der Waals surface area contributed by atoms with E-state index in [1.807, 2.05) is 32.1 Å². The smallest absolute Gasteiger partial charge is 0.143 e. The van der Waals surface area contributed by atoms with E-state index in [1.54, 1.807) is 11.8 Å². The van der Waals surface area contributed by atoms with Gasteiger partial charge in [-0.2, -0.15) is 10.5 Å². The first-order valence-corrected chi connectivity index (χ1v) is 5.87. The van der Waals surface area contributed by atoms with Gasteiger partial charge in [0.1, 0.15) is 17.7 Å². The third kappa shape index (κ3) is 2.05. The van der Waals surface area contributed by atoms with Crippen molar-refractivity contribution in [3.8, 4) is 12.1 Å². The zero-order chi connectivity index (χ0) is 12.3. The van der Waals surface area contributed by atoms with E-state index in [0.29, 0.717) is 0 Å². The molecule has 0 aromatic heterocycles. The second-order valence-electron chi connectivity index (χ2n) is 4.08. The Morgan fingerprint density at radius 2 is 1.88 bits per heavy atom. The monoisotopic (exact) mass is 230 g/mol. The van der Waals surface area contributed by atoms with Crippen LogP contribution in [-0.2, 0) is 0 Å². The Hall–Kier alpha value is -1.45. The zero-order valence-corrected chi connectivity index (χ0v) is 10.8. The minimum absolute atomic E-state index is 0.0646. The SMILES string of the molecule is C/C=C/C1=C(C)C(=C(C#N)C#N)SC1(C)C. The second kappa shape index (κ2) is 4.60. The fourth-order valence-electron chi connectivity index (χ4n) is 1.82.